The molecule has 0 spiro atoms. The van der Waals surface area contributed by atoms with Gasteiger partial charge in [-0.1, -0.05) is 6.92 Å². The number of urea groups is 1. The molecule has 1 rings (SSSR count). The number of amides is 2. The van der Waals surface area contributed by atoms with E-state index in [4.69, 9.17) is 0 Å². The van der Waals surface area contributed by atoms with Crippen LogP contribution in [0, 0.1) is 11.8 Å². The largest absolute Gasteiger partial charge is 0.471 e. The first-order valence-electron chi connectivity index (χ1n) is 5.77. The van der Waals surface area contributed by atoms with Crippen LogP contribution in [0.15, 0.2) is 0 Å². The summed E-state index contributed by atoms with van der Waals surface area (Å²) in [7, 11) is -2.91. The van der Waals surface area contributed by atoms with E-state index in [1.54, 1.807) is 0 Å². The Labute approximate surface area is 106 Å². The molecule has 0 radical (unpaired) electrons. The number of hydrogen-bond donors (Lipinski definition) is 2. The van der Waals surface area contributed by atoms with E-state index in [1.165, 1.54) is 12.8 Å². The topological polar surface area (TPSA) is 58.2 Å². The Balaban J connectivity index is 2.08. The molecule has 0 aromatic rings. The first-order chi connectivity index (χ1) is 8.30. The Morgan fingerprint density at radius 2 is 2.00 bits per heavy atom. The van der Waals surface area contributed by atoms with Crippen molar-refractivity contribution in [1.29, 1.82) is 0 Å². The average Bonchev–Trinajstić information content (AvgIpc) is 3.08. The predicted octanol–water partition coefficient (Wildman–Crippen LogP) is 1.60. The minimum atomic E-state index is -4.71. The molecule has 2 unspecified atom stereocenters. The standard InChI is InChI=1S/C10H17F3N2O2S/c1-7(8-2-3-8)6-15-9(16)14-4-5-18(17)10(11,12)13/h7-8H,2-6H2,1H3,(H2,14,15,16). The minimum absolute atomic E-state index is 0.254. The van der Waals surface area contributed by atoms with Gasteiger partial charge < -0.3 is 10.6 Å². The van der Waals surface area contributed by atoms with Crippen LogP contribution in [0.5, 0.6) is 0 Å². The number of alkyl halides is 3. The number of rotatable bonds is 6. The van der Waals surface area contributed by atoms with Gasteiger partial charge in [0.05, 0.1) is 0 Å². The molecule has 18 heavy (non-hydrogen) atoms. The average molecular weight is 286 g/mol. The van der Waals surface area contributed by atoms with Crippen molar-refractivity contribution >= 4 is 16.8 Å². The fourth-order valence-corrected chi connectivity index (χ4v) is 2.04. The van der Waals surface area contributed by atoms with Crippen LogP contribution in [0.1, 0.15) is 19.8 Å². The number of halogens is 3. The maximum absolute atomic E-state index is 11.9. The zero-order chi connectivity index (χ0) is 13.8. The van der Waals surface area contributed by atoms with E-state index >= 15 is 0 Å². The Hall–Kier alpha value is -0.790. The molecular weight excluding hydrogens is 269 g/mol. The van der Waals surface area contributed by atoms with Gasteiger partial charge in [-0.2, -0.15) is 13.2 Å². The molecule has 8 heteroatoms. The Bertz CT molecular complexity index is 319. The summed E-state index contributed by atoms with van der Waals surface area (Å²) < 4.78 is 46.3. The highest BCUT2D eigenvalue weighted by molar-refractivity contribution is 7.85. The second kappa shape index (κ2) is 6.40. The molecule has 1 aliphatic carbocycles. The normalized spacial score (nSPS) is 19.1. The van der Waals surface area contributed by atoms with Crippen molar-refractivity contribution in [2.45, 2.75) is 25.3 Å². The van der Waals surface area contributed by atoms with E-state index in [2.05, 4.69) is 10.6 Å². The lowest BCUT2D eigenvalue weighted by atomic mass is 10.1. The molecule has 0 bridgehead atoms. The first-order valence-corrected chi connectivity index (χ1v) is 7.09. The maximum atomic E-state index is 11.9. The third-order valence-electron chi connectivity index (χ3n) is 2.84. The predicted molar refractivity (Wildman–Crippen MR) is 62.4 cm³/mol. The Morgan fingerprint density at radius 1 is 1.39 bits per heavy atom. The van der Waals surface area contributed by atoms with Gasteiger partial charge in [0.1, 0.15) is 10.8 Å². The monoisotopic (exact) mass is 286 g/mol. The lowest BCUT2D eigenvalue weighted by Crippen LogP contribution is -2.40. The third kappa shape index (κ3) is 5.70. The van der Waals surface area contributed by atoms with Gasteiger partial charge in [-0.15, -0.1) is 0 Å². The Morgan fingerprint density at radius 3 is 2.50 bits per heavy atom. The van der Waals surface area contributed by atoms with Gasteiger partial charge in [-0.3, -0.25) is 4.21 Å². The van der Waals surface area contributed by atoms with E-state index in [1.807, 2.05) is 6.92 Å². The van der Waals surface area contributed by atoms with Gasteiger partial charge in [0.2, 0.25) is 0 Å². The number of carbonyl (C=O) groups is 1. The molecule has 1 saturated carbocycles. The van der Waals surface area contributed by atoms with Crippen molar-refractivity contribution in [3.05, 3.63) is 0 Å². The van der Waals surface area contributed by atoms with E-state index < -0.39 is 28.1 Å². The van der Waals surface area contributed by atoms with Gasteiger partial charge in [0.25, 0.3) is 0 Å². The molecule has 106 valence electrons. The van der Waals surface area contributed by atoms with Crippen LogP contribution in [0.4, 0.5) is 18.0 Å². The first kappa shape index (κ1) is 15.3. The summed E-state index contributed by atoms with van der Waals surface area (Å²) in [5.74, 6) is 0.429. The summed E-state index contributed by atoms with van der Waals surface area (Å²) in [4.78, 5) is 11.2. The van der Waals surface area contributed by atoms with Crippen molar-refractivity contribution in [2.24, 2.45) is 11.8 Å². The lowest BCUT2D eigenvalue weighted by Gasteiger charge is -2.12. The van der Waals surface area contributed by atoms with Crippen LogP contribution in [-0.4, -0.2) is 34.6 Å². The highest BCUT2D eigenvalue weighted by atomic mass is 32.2. The molecule has 0 aromatic heterocycles. The van der Waals surface area contributed by atoms with Crippen LogP contribution in [-0.2, 0) is 10.8 Å². The summed E-state index contributed by atoms with van der Waals surface area (Å²) in [5.41, 5.74) is -4.71. The highest BCUT2D eigenvalue weighted by Crippen LogP contribution is 2.35. The third-order valence-corrected chi connectivity index (χ3v) is 3.93. The fourth-order valence-electron chi connectivity index (χ4n) is 1.52. The summed E-state index contributed by atoms with van der Waals surface area (Å²) >= 11 is 0. The van der Waals surface area contributed by atoms with Crippen LogP contribution in [0.25, 0.3) is 0 Å². The molecule has 0 aromatic carbocycles. The van der Waals surface area contributed by atoms with Crippen molar-refractivity contribution in [3.8, 4) is 0 Å². The SMILES string of the molecule is CC(CNC(=O)NCCS(=O)C(F)(F)F)C1CC1. The van der Waals surface area contributed by atoms with E-state index in [-0.39, 0.29) is 6.54 Å². The van der Waals surface area contributed by atoms with Gasteiger partial charge >= 0.3 is 11.5 Å². The fraction of sp³-hybridized carbons (Fsp3) is 0.900. The van der Waals surface area contributed by atoms with E-state index in [0.717, 1.165) is 0 Å². The zero-order valence-corrected chi connectivity index (χ0v) is 10.9. The molecule has 0 heterocycles. The zero-order valence-electron chi connectivity index (χ0n) is 10.0. The number of carbonyl (C=O) groups excluding carboxylic acids is 1. The molecule has 0 saturated heterocycles. The molecular formula is C10H17F3N2O2S. The van der Waals surface area contributed by atoms with Gasteiger partial charge in [-0.25, -0.2) is 4.79 Å². The molecule has 1 fully saturated rings. The lowest BCUT2D eigenvalue weighted by molar-refractivity contribution is -0.0384. The molecule has 1 aliphatic rings. The van der Waals surface area contributed by atoms with Crippen molar-refractivity contribution in [1.82, 2.24) is 10.6 Å². The number of nitrogens with one attached hydrogen (secondary N) is 2. The maximum Gasteiger partial charge on any atom is 0.471 e. The summed E-state index contributed by atoms with van der Waals surface area (Å²) in [6.07, 6.45) is 2.35. The van der Waals surface area contributed by atoms with Crippen LogP contribution in [0.2, 0.25) is 0 Å². The van der Waals surface area contributed by atoms with Crippen LogP contribution >= 0.6 is 0 Å². The van der Waals surface area contributed by atoms with Gasteiger partial charge in [-0.05, 0) is 24.7 Å². The van der Waals surface area contributed by atoms with Crippen LogP contribution in [0.3, 0.4) is 0 Å². The molecule has 2 amide bonds. The quantitative estimate of drug-likeness (QED) is 0.779. The smallest absolute Gasteiger partial charge is 0.338 e. The van der Waals surface area contributed by atoms with Gasteiger partial charge in [0.15, 0.2) is 0 Å². The Kier molecular flexibility index (Phi) is 5.43. The summed E-state index contributed by atoms with van der Waals surface area (Å²) in [6.45, 7) is 2.28. The minimum Gasteiger partial charge on any atom is -0.338 e. The van der Waals surface area contributed by atoms with E-state index in [9.17, 15) is 22.2 Å². The van der Waals surface area contributed by atoms with Crippen molar-refractivity contribution in [2.75, 3.05) is 18.8 Å². The van der Waals surface area contributed by atoms with Crippen molar-refractivity contribution < 1.29 is 22.2 Å². The molecule has 2 N–H and O–H groups in total. The van der Waals surface area contributed by atoms with Crippen molar-refractivity contribution in [3.63, 3.8) is 0 Å². The number of hydrogen-bond acceptors (Lipinski definition) is 2. The molecule has 4 nitrogen and oxygen atoms in total. The highest BCUT2D eigenvalue weighted by Gasteiger charge is 2.36. The second-order valence-corrected chi connectivity index (χ2v) is 6.01. The van der Waals surface area contributed by atoms with Gasteiger partial charge in [0, 0.05) is 18.8 Å². The summed E-state index contributed by atoms with van der Waals surface area (Å²) in [5, 5.41) is 4.84. The van der Waals surface area contributed by atoms with Crippen LogP contribution < -0.4 is 10.6 Å². The van der Waals surface area contributed by atoms with E-state index in [0.29, 0.717) is 18.4 Å². The molecule has 0 aliphatic heterocycles. The molecule has 2 atom stereocenters. The summed E-state index contributed by atoms with van der Waals surface area (Å²) in [6, 6.07) is -0.512. The second-order valence-electron chi connectivity index (χ2n) is 4.45.